The van der Waals surface area contributed by atoms with Crippen LogP contribution in [0.4, 0.5) is 0 Å². The number of carbonyl (C=O) groups excluding carboxylic acids is 1. The lowest BCUT2D eigenvalue weighted by atomic mass is 10.1. The van der Waals surface area contributed by atoms with Crippen molar-refractivity contribution in [2.75, 3.05) is 0 Å². The Bertz CT molecular complexity index is 99.3. The molecular formula is C12H23O+. The smallest absolute Gasteiger partial charge is 0.0654 e. The predicted molar refractivity (Wildman–Crippen MR) is 57.5 cm³/mol. The van der Waals surface area contributed by atoms with Crippen LogP contribution in [0.25, 0.3) is 0 Å². The van der Waals surface area contributed by atoms with Crippen molar-refractivity contribution in [1.29, 1.82) is 0 Å². The highest BCUT2D eigenvalue weighted by Crippen LogP contribution is 2.09. The standard InChI is InChI=1S/C12H23O/c1-2-3-4-5-6-7-8-9-10-11-12-13/h2-11H2,1H3/q+1. The Balaban J connectivity index is 2.79. The van der Waals surface area contributed by atoms with Crippen LogP contribution in [0.1, 0.15) is 71.1 Å². The van der Waals surface area contributed by atoms with Crippen LogP contribution < -0.4 is 0 Å². The number of rotatable bonds is 10. The molecule has 0 aromatic heterocycles. The highest BCUT2D eigenvalue weighted by molar-refractivity contribution is 5.50. The molecule has 0 rings (SSSR count). The summed E-state index contributed by atoms with van der Waals surface area (Å²) in [5.41, 5.74) is 0. The Morgan fingerprint density at radius 2 is 1.23 bits per heavy atom. The normalized spacial score (nSPS) is 9.92. The summed E-state index contributed by atoms with van der Waals surface area (Å²) in [6.45, 7) is 2.25. The van der Waals surface area contributed by atoms with E-state index in [9.17, 15) is 4.79 Å². The molecule has 0 aromatic carbocycles. The minimum atomic E-state index is 0.635. The molecule has 0 unspecified atom stereocenters. The van der Waals surface area contributed by atoms with E-state index in [2.05, 4.69) is 6.92 Å². The number of hydrogen-bond acceptors (Lipinski definition) is 1. The fourth-order valence-corrected chi connectivity index (χ4v) is 1.51. The first-order valence-corrected chi connectivity index (χ1v) is 5.76. The second kappa shape index (κ2) is 11.6. The molecule has 0 saturated carbocycles. The molecule has 0 bridgehead atoms. The highest BCUT2D eigenvalue weighted by atomic mass is 16.1. The zero-order valence-corrected chi connectivity index (χ0v) is 8.98. The van der Waals surface area contributed by atoms with Crippen LogP contribution in [0.2, 0.25) is 0 Å². The quantitative estimate of drug-likeness (QED) is 0.369. The average molecular weight is 183 g/mol. The largest absolute Gasteiger partial charge is 0.506 e. The van der Waals surface area contributed by atoms with Gasteiger partial charge in [0.05, 0.1) is 0 Å². The molecule has 13 heavy (non-hydrogen) atoms. The van der Waals surface area contributed by atoms with Gasteiger partial charge in [-0.3, -0.25) is 0 Å². The van der Waals surface area contributed by atoms with Gasteiger partial charge in [0, 0.05) is 11.2 Å². The third-order valence-electron chi connectivity index (χ3n) is 2.38. The fourth-order valence-electron chi connectivity index (χ4n) is 1.51. The maximum atomic E-state index is 9.89. The SMILES string of the molecule is CCCCCCCCCCC[C+]=O. The molecule has 0 saturated heterocycles. The van der Waals surface area contributed by atoms with E-state index < -0.39 is 0 Å². The van der Waals surface area contributed by atoms with Crippen molar-refractivity contribution in [2.45, 2.75) is 71.1 Å². The number of unbranched alkanes of at least 4 members (excludes halogenated alkanes) is 9. The molecule has 0 heterocycles. The van der Waals surface area contributed by atoms with E-state index in [1.807, 2.05) is 6.29 Å². The van der Waals surface area contributed by atoms with Gasteiger partial charge >= 0.3 is 6.29 Å². The van der Waals surface area contributed by atoms with E-state index in [1.165, 1.54) is 51.4 Å². The van der Waals surface area contributed by atoms with Crippen molar-refractivity contribution in [1.82, 2.24) is 0 Å². The van der Waals surface area contributed by atoms with Crippen LogP contribution in [-0.2, 0) is 4.79 Å². The maximum Gasteiger partial charge on any atom is 0.506 e. The topological polar surface area (TPSA) is 17.1 Å². The van der Waals surface area contributed by atoms with Crippen LogP contribution >= 0.6 is 0 Å². The first kappa shape index (κ1) is 12.6. The van der Waals surface area contributed by atoms with Gasteiger partial charge in [-0.05, 0) is 6.42 Å². The van der Waals surface area contributed by atoms with Crippen molar-refractivity contribution in [2.24, 2.45) is 0 Å². The van der Waals surface area contributed by atoms with Gasteiger partial charge in [-0.25, -0.2) is 0 Å². The summed E-state index contributed by atoms with van der Waals surface area (Å²) in [5, 5.41) is 0. The Hall–Kier alpha value is -0.420. The molecule has 0 fully saturated rings. The third kappa shape index (κ3) is 11.6. The monoisotopic (exact) mass is 183 g/mol. The molecule has 0 atom stereocenters. The van der Waals surface area contributed by atoms with Crippen molar-refractivity contribution >= 4 is 6.29 Å². The van der Waals surface area contributed by atoms with E-state index >= 15 is 0 Å². The van der Waals surface area contributed by atoms with E-state index in [0.29, 0.717) is 6.42 Å². The molecule has 0 N–H and O–H groups in total. The summed E-state index contributed by atoms with van der Waals surface area (Å²) in [5.74, 6) is 0. The Morgan fingerprint density at radius 1 is 0.769 bits per heavy atom. The molecular weight excluding hydrogens is 160 g/mol. The molecule has 1 nitrogen and oxygen atoms in total. The fraction of sp³-hybridized carbons (Fsp3) is 0.917. The lowest BCUT2D eigenvalue weighted by molar-refractivity contribution is 0.538. The van der Waals surface area contributed by atoms with Gasteiger partial charge in [0.15, 0.2) is 0 Å². The molecule has 0 aliphatic rings. The summed E-state index contributed by atoms with van der Waals surface area (Å²) in [7, 11) is 0. The second-order valence-electron chi connectivity index (χ2n) is 3.72. The maximum absolute atomic E-state index is 9.89. The summed E-state index contributed by atoms with van der Waals surface area (Å²) in [6.07, 6.45) is 14.4. The van der Waals surface area contributed by atoms with Crippen LogP contribution in [-0.4, -0.2) is 6.29 Å². The minimum absolute atomic E-state index is 0.635. The molecule has 76 valence electrons. The lowest BCUT2D eigenvalue weighted by Gasteiger charge is -1.98. The zero-order valence-electron chi connectivity index (χ0n) is 8.98. The van der Waals surface area contributed by atoms with Gasteiger partial charge in [0.2, 0.25) is 6.42 Å². The molecule has 0 aliphatic carbocycles. The van der Waals surface area contributed by atoms with Crippen molar-refractivity contribution in [3.05, 3.63) is 0 Å². The zero-order chi connectivity index (χ0) is 9.78. The van der Waals surface area contributed by atoms with Gasteiger partial charge in [0.25, 0.3) is 0 Å². The Morgan fingerprint density at radius 3 is 1.69 bits per heavy atom. The first-order chi connectivity index (χ1) is 6.41. The Kier molecular flexibility index (Phi) is 11.2. The molecule has 0 spiro atoms. The van der Waals surface area contributed by atoms with Gasteiger partial charge in [0.1, 0.15) is 0 Å². The van der Waals surface area contributed by atoms with E-state index in [4.69, 9.17) is 0 Å². The highest BCUT2D eigenvalue weighted by Gasteiger charge is 1.97. The van der Waals surface area contributed by atoms with Gasteiger partial charge in [-0.15, -0.1) is 0 Å². The van der Waals surface area contributed by atoms with Crippen LogP contribution in [0.5, 0.6) is 0 Å². The van der Waals surface area contributed by atoms with E-state index in [-0.39, 0.29) is 0 Å². The molecule has 1 heteroatoms. The average Bonchev–Trinajstić information content (AvgIpc) is 2.16. The first-order valence-electron chi connectivity index (χ1n) is 5.76. The molecule has 0 amide bonds. The van der Waals surface area contributed by atoms with E-state index in [0.717, 1.165) is 6.42 Å². The van der Waals surface area contributed by atoms with Gasteiger partial charge < -0.3 is 0 Å². The van der Waals surface area contributed by atoms with Crippen molar-refractivity contribution < 1.29 is 4.79 Å². The van der Waals surface area contributed by atoms with Crippen molar-refractivity contribution in [3.8, 4) is 0 Å². The summed E-state index contributed by atoms with van der Waals surface area (Å²) in [6, 6.07) is 0. The van der Waals surface area contributed by atoms with Crippen LogP contribution in [0, 0.1) is 0 Å². The molecule has 0 radical (unpaired) electrons. The van der Waals surface area contributed by atoms with Gasteiger partial charge in [-0.1, -0.05) is 51.9 Å². The molecule has 0 aliphatic heterocycles. The third-order valence-corrected chi connectivity index (χ3v) is 2.38. The van der Waals surface area contributed by atoms with Gasteiger partial charge in [-0.2, -0.15) is 0 Å². The predicted octanol–water partition coefficient (Wildman–Crippen LogP) is 4.02. The lowest BCUT2D eigenvalue weighted by Crippen LogP contribution is -1.81. The summed E-state index contributed by atoms with van der Waals surface area (Å²) < 4.78 is 0. The van der Waals surface area contributed by atoms with E-state index in [1.54, 1.807) is 0 Å². The van der Waals surface area contributed by atoms with Crippen LogP contribution in [0.15, 0.2) is 0 Å². The second-order valence-corrected chi connectivity index (χ2v) is 3.72. The summed E-state index contributed by atoms with van der Waals surface area (Å²) >= 11 is 0. The minimum Gasteiger partial charge on any atom is -0.0654 e. The number of hydrogen-bond donors (Lipinski definition) is 0. The van der Waals surface area contributed by atoms with Crippen LogP contribution in [0.3, 0.4) is 0 Å². The summed E-state index contributed by atoms with van der Waals surface area (Å²) in [4.78, 5) is 9.89. The van der Waals surface area contributed by atoms with Crippen molar-refractivity contribution in [3.63, 3.8) is 0 Å². The Labute approximate surface area is 82.9 Å². The molecule has 0 aromatic rings.